The van der Waals surface area contributed by atoms with Crippen molar-refractivity contribution in [1.29, 1.82) is 0 Å². The second kappa shape index (κ2) is 14.5. The largest absolute Gasteiger partial charge is 0.534 e. The van der Waals surface area contributed by atoms with Gasteiger partial charge in [-0.3, -0.25) is 9.59 Å². The molecule has 1 spiro atoms. The van der Waals surface area contributed by atoms with E-state index < -0.39 is 61.4 Å². The number of alkyl halides is 3. The predicted octanol–water partition coefficient (Wildman–Crippen LogP) is 7.49. The summed E-state index contributed by atoms with van der Waals surface area (Å²) in [4.78, 5) is 44.9. The second-order valence-corrected chi connectivity index (χ2v) is 17.1. The Kier molecular flexibility index (Phi) is 10.2. The van der Waals surface area contributed by atoms with Crippen LogP contribution in [0.3, 0.4) is 0 Å². The first-order chi connectivity index (χ1) is 26.8. The Morgan fingerprint density at radius 2 is 1.56 bits per heavy atom. The van der Waals surface area contributed by atoms with Crippen LogP contribution in [0.2, 0.25) is 0 Å². The van der Waals surface area contributed by atoms with Gasteiger partial charge >= 0.3 is 21.6 Å². The lowest BCUT2D eigenvalue weighted by Gasteiger charge is -2.49. The lowest BCUT2D eigenvalue weighted by Crippen LogP contribution is -2.51. The summed E-state index contributed by atoms with van der Waals surface area (Å²) in [5.41, 5.74) is -7.10. The summed E-state index contributed by atoms with van der Waals surface area (Å²) >= 11 is 0. The third-order valence-electron chi connectivity index (χ3n) is 11.3. The minimum atomic E-state index is -6.51. The van der Waals surface area contributed by atoms with Gasteiger partial charge in [-0.1, -0.05) is 38.5 Å². The molecule has 306 valence electrons. The number of anilines is 1. The Balaban J connectivity index is 1.24. The molecule has 4 heterocycles. The van der Waals surface area contributed by atoms with Crippen molar-refractivity contribution < 1.29 is 58.4 Å². The fourth-order valence-electron chi connectivity index (χ4n) is 8.58. The Labute approximate surface area is 326 Å². The Morgan fingerprint density at radius 3 is 2.19 bits per heavy atom. The normalized spacial score (nSPS) is 21.0. The number of carbonyl (C=O) groups excluding carboxylic acids is 3. The summed E-state index contributed by atoms with van der Waals surface area (Å²) < 4.78 is 112. The number of amides is 2. The molecule has 3 aromatic rings. The van der Waals surface area contributed by atoms with Crippen molar-refractivity contribution >= 4 is 33.6 Å². The summed E-state index contributed by atoms with van der Waals surface area (Å²) in [6, 6.07) is 10.0. The highest BCUT2D eigenvalue weighted by molar-refractivity contribution is 7.88. The number of rotatable bonds is 9. The van der Waals surface area contributed by atoms with Gasteiger partial charge in [-0.2, -0.15) is 26.0 Å². The van der Waals surface area contributed by atoms with Crippen molar-refractivity contribution in [2.24, 2.45) is 0 Å². The number of fused-ring (bicyclic) bond motifs is 7. The quantitative estimate of drug-likeness (QED) is 0.0936. The van der Waals surface area contributed by atoms with E-state index in [9.17, 15) is 36.0 Å². The van der Waals surface area contributed by atoms with Gasteiger partial charge in [0.25, 0.3) is 0 Å². The van der Waals surface area contributed by atoms with Crippen molar-refractivity contribution in [2.45, 2.75) is 88.8 Å². The summed E-state index contributed by atoms with van der Waals surface area (Å²) in [5.74, 6) is -7.43. The molecule has 0 radical (unpaired) electrons. The van der Waals surface area contributed by atoms with E-state index in [1.807, 2.05) is 27.7 Å². The highest BCUT2D eigenvalue weighted by Crippen LogP contribution is 2.60. The van der Waals surface area contributed by atoms with Crippen LogP contribution in [-0.4, -0.2) is 79.8 Å². The Morgan fingerprint density at radius 1 is 0.930 bits per heavy atom. The first kappa shape index (κ1) is 40.3. The molecular weight excluding hydrogens is 778 g/mol. The molecule has 57 heavy (non-hydrogen) atoms. The third-order valence-corrected chi connectivity index (χ3v) is 12.3. The first-order valence-corrected chi connectivity index (χ1v) is 20.3. The molecule has 0 aromatic heterocycles. The molecule has 7 rings (SSSR count). The van der Waals surface area contributed by atoms with E-state index in [2.05, 4.69) is 9.08 Å². The molecule has 1 saturated heterocycles. The number of benzene rings is 3. The van der Waals surface area contributed by atoms with Crippen LogP contribution in [-0.2, 0) is 30.0 Å². The number of unbranched alkanes of at least 4 members (excludes halogenated alkanes) is 1. The van der Waals surface area contributed by atoms with Crippen LogP contribution in [0.25, 0.3) is 0 Å². The van der Waals surface area contributed by atoms with Gasteiger partial charge in [0, 0.05) is 74.0 Å². The molecule has 0 N–H and O–H groups in total. The zero-order valence-electron chi connectivity index (χ0n) is 31.8. The number of piperazine rings is 1. The molecule has 4 aliphatic rings. The van der Waals surface area contributed by atoms with Gasteiger partial charge < -0.3 is 28.4 Å². The summed E-state index contributed by atoms with van der Waals surface area (Å²) in [6.07, 6.45) is 3.57. The molecule has 3 aromatic carbocycles. The highest BCUT2D eigenvalue weighted by Gasteiger charge is 2.56. The van der Waals surface area contributed by atoms with Crippen molar-refractivity contribution in [1.82, 2.24) is 9.80 Å². The van der Waals surface area contributed by atoms with Crippen LogP contribution in [0.15, 0.2) is 42.5 Å². The first-order valence-electron chi connectivity index (χ1n) is 18.9. The van der Waals surface area contributed by atoms with E-state index in [1.54, 1.807) is 34.1 Å². The zero-order valence-corrected chi connectivity index (χ0v) is 32.6. The molecule has 2 amide bonds. The number of ether oxygens (including phenoxy) is 2. The molecule has 0 bridgehead atoms. The molecule has 17 heteroatoms. The van der Waals surface area contributed by atoms with Crippen LogP contribution in [0.1, 0.15) is 105 Å². The third kappa shape index (κ3) is 6.84. The Hall–Kier alpha value is -4.93. The Bertz CT molecular complexity index is 2260. The average Bonchev–Trinajstić information content (AvgIpc) is 3.45. The molecular formula is C40H42F5N3O8S. The summed E-state index contributed by atoms with van der Waals surface area (Å²) in [7, 11) is -6.51. The summed E-state index contributed by atoms with van der Waals surface area (Å²) in [6.45, 7) is 10.3. The van der Waals surface area contributed by atoms with Gasteiger partial charge in [0.05, 0.1) is 11.1 Å². The van der Waals surface area contributed by atoms with E-state index >= 15 is 8.78 Å². The second-order valence-electron chi connectivity index (χ2n) is 15.5. The van der Waals surface area contributed by atoms with Crippen LogP contribution in [0, 0.1) is 11.6 Å². The molecule has 0 aliphatic carbocycles. The van der Waals surface area contributed by atoms with Crippen molar-refractivity contribution in [3.63, 3.8) is 0 Å². The maximum absolute atomic E-state index is 16.3. The number of esters is 1. The number of nitrogens with zero attached hydrogens (tertiary/aromatic N) is 3. The van der Waals surface area contributed by atoms with Crippen LogP contribution in [0.5, 0.6) is 17.2 Å². The minimum absolute atomic E-state index is 0.0404. The smallest absolute Gasteiger partial charge is 0.453 e. The fourth-order valence-corrected chi connectivity index (χ4v) is 9.05. The fraction of sp³-hybridized carbons (Fsp3) is 0.475. The van der Waals surface area contributed by atoms with E-state index in [-0.39, 0.29) is 46.6 Å². The standard InChI is InChI=1S/C40H42F5N3O8S/c1-5-6-12-32(49)46-15-17-47(18-16-46)33(50)13-9-14-48-30-21-31-27(19-25(30)23(2)22-38(48,3)4)39(26-11-8-7-10-24(26)37(51)55-39)28-20-29(41)36(34(42)35(28)54-31)56-57(52,53)40(43,44)45/h7-8,10-11,19-21,23H,5-6,9,12-18,22H2,1-4H3. The molecule has 4 aliphatic heterocycles. The van der Waals surface area contributed by atoms with Crippen LogP contribution >= 0.6 is 0 Å². The number of hydrogen-bond acceptors (Lipinski definition) is 9. The van der Waals surface area contributed by atoms with E-state index in [0.29, 0.717) is 63.7 Å². The molecule has 2 atom stereocenters. The monoisotopic (exact) mass is 819 g/mol. The molecule has 0 saturated carbocycles. The predicted molar refractivity (Wildman–Crippen MR) is 197 cm³/mol. The average molecular weight is 820 g/mol. The van der Waals surface area contributed by atoms with Gasteiger partial charge in [-0.05, 0) is 62.8 Å². The number of carbonyl (C=O) groups is 3. The summed E-state index contributed by atoms with van der Waals surface area (Å²) in [5, 5.41) is 0. The van der Waals surface area contributed by atoms with Gasteiger partial charge in [-0.25, -0.2) is 9.18 Å². The maximum Gasteiger partial charge on any atom is 0.534 e. The SMILES string of the molecule is CCCCC(=O)N1CCN(C(=O)CCCN2c3cc4c(cc3C(C)CC2(C)C)C2(OC(=O)c3ccccc32)c2cc(F)c(OS(=O)(=O)C(F)(F)F)c(F)c2O4)CC1. The lowest BCUT2D eigenvalue weighted by atomic mass is 9.74. The van der Waals surface area contributed by atoms with E-state index in [4.69, 9.17) is 9.47 Å². The highest BCUT2D eigenvalue weighted by atomic mass is 32.2. The van der Waals surface area contributed by atoms with E-state index in [0.717, 1.165) is 18.4 Å². The van der Waals surface area contributed by atoms with Gasteiger partial charge in [0.2, 0.25) is 23.4 Å². The van der Waals surface area contributed by atoms with Gasteiger partial charge in [-0.15, -0.1) is 0 Å². The minimum Gasteiger partial charge on any atom is -0.453 e. The van der Waals surface area contributed by atoms with E-state index in [1.165, 1.54) is 12.1 Å². The lowest BCUT2D eigenvalue weighted by molar-refractivity contribution is -0.139. The molecule has 1 fully saturated rings. The van der Waals surface area contributed by atoms with Crippen molar-refractivity contribution in [2.75, 3.05) is 37.6 Å². The van der Waals surface area contributed by atoms with Gasteiger partial charge in [0.1, 0.15) is 5.75 Å². The molecule has 11 nitrogen and oxygen atoms in total. The van der Waals surface area contributed by atoms with Crippen molar-refractivity contribution in [3.8, 4) is 17.2 Å². The van der Waals surface area contributed by atoms with Crippen LogP contribution in [0.4, 0.5) is 27.6 Å². The maximum atomic E-state index is 16.3. The van der Waals surface area contributed by atoms with Gasteiger partial charge in [0.15, 0.2) is 17.2 Å². The topological polar surface area (TPSA) is 123 Å². The zero-order chi connectivity index (χ0) is 41.2. The number of hydrogen-bond donors (Lipinski definition) is 0. The molecule has 2 unspecified atom stereocenters. The van der Waals surface area contributed by atoms with Crippen LogP contribution < -0.4 is 13.8 Å². The number of halogens is 5. The van der Waals surface area contributed by atoms with Crippen molar-refractivity contribution in [3.05, 3.63) is 81.9 Å².